The van der Waals surface area contributed by atoms with Gasteiger partial charge in [0, 0.05) is 28.9 Å². The maximum absolute atomic E-state index is 5.44. The number of hydrogen-bond donors (Lipinski definition) is 2. The van der Waals surface area contributed by atoms with Crippen molar-refractivity contribution in [1.29, 1.82) is 0 Å². The fourth-order valence-electron chi connectivity index (χ4n) is 3.14. The molecule has 5 heteroatoms. The molecule has 132 valence electrons. The standard InChI is InChI=1S/C20H24BrN3S/c1-15(22-20(25)23-18-7-5-6-17(21)14-18)16-8-10-19(11-9-16)24-12-3-2-4-13-24/h5-11,14-15H,2-4,12-13H2,1H3,(H2,22,23,25)/t15-/m1/s1. The molecule has 2 aromatic rings. The van der Waals surface area contributed by atoms with Crippen LogP contribution in [0.2, 0.25) is 0 Å². The minimum atomic E-state index is 0.155. The first kappa shape index (κ1) is 18.2. The van der Waals surface area contributed by atoms with E-state index in [-0.39, 0.29) is 6.04 Å². The van der Waals surface area contributed by atoms with Crippen molar-refractivity contribution < 1.29 is 0 Å². The van der Waals surface area contributed by atoms with Gasteiger partial charge in [-0.3, -0.25) is 0 Å². The lowest BCUT2D eigenvalue weighted by molar-refractivity contribution is 0.577. The molecule has 1 saturated heterocycles. The number of rotatable bonds is 4. The monoisotopic (exact) mass is 417 g/mol. The maximum atomic E-state index is 5.44. The average molecular weight is 418 g/mol. The van der Waals surface area contributed by atoms with Gasteiger partial charge in [-0.1, -0.05) is 34.1 Å². The van der Waals surface area contributed by atoms with Crippen LogP contribution in [0.3, 0.4) is 0 Å². The molecule has 0 spiro atoms. The van der Waals surface area contributed by atoms with E-state index in [1.807, 2.05) is 24.3 Å². The fraction of sp³-hybridized carbons (Fsp3) is 0.350. The lowest BCUT2D eigenvalue weighted by Crippen LogP contribution is -2.31. The largest absolute Gasteiger partial charge is 0.372 e. The van der Waals surface area contributed by atoms with E-state index in [0.717, 1.165) is 10.2 Å². The van der Waals surface area contributed by atoms with Gasteiger partial charge < -0.3 is 15.5 Å². The minimum Gasteiger partial charge on any atom is -0.372 e. The number of hydrogen-bond acceptors (Lipinski definition) is 2. The topological polar surface area (TPSA) is 27.3 Å². The summed E-state index contributed by atoms with van der Waals surface area (Å²) in [6, 6.07) is 17.0. The third-order valence-electron chi connectivity index (χ3n) is 4.54. The molecule has 0 radical (unpaired) electrons. The highest BCUT2D eigenvalue weighted by atomic mass is 79.9. The van der Waals surface area contributed by atoms with Crippen molar-refractivity contribution in [3.8, 4) is 0 Å². The Kier molecular flexibility index (Phi) is 6.32. The first-order chi connectivity index (χ1) is 12.1. The summed E-state index contributed by atoms with van der Waals surface area (Å²) >= 11 is 8.91. The molecule has 1 aliphatic rings. The quantitative estimate of drug-likeness (QED) is 0.643. The molecule has 0 bridgehead atoms. The SMILES string of the molecule is C[C@@H](NC(=S)Nc1cccc(Br)c1)c1ccc(N2CCCCC2)cc1. The van der Waals surface area contributed by atoms with Gasteiger partial charge in [0.05, 0.1) is 6.04 Å². The first-order valence-electron chi connectivity index (χ1n) is 8.80. The maximum Gasteiger partial charge on any atom is 0.171 e. The third kappa shape index (κ3) is 5.19. The predicted molar refractivity (Wildman–Crippen MR) is 114 cm³/mol. The molecule has 3 rings (SSSR count). The Hall–Kier alpha value is -1.59. The summed E-state index contributed by atoms with van der Waals surface area (Å²) < 4.78 is 1.03. The van der Waals surface area contributed by atoms with Crippen molar-refractivity contribution in [2.24, 2.45) is 0 Å². The number of nitrogens with zero attached hydrogens (tertiary/aromatic N) is 1. The Morgan fingerprint density at radius 2 is 1.80 bits per heavy atom. The first-order valence-corrected chi connectivity index (χ1v) is 10.00. The summed E-state index contributed by atoms with van der Waals surface area (Å²) in [4.78, 5) is 2.48. The summed E-state index contributed by atoms with van der Waals surface area (Å²) in [5, 5.41) is 7.21. The summed E-state index contributed by atoms with van der Waals surface area (Å²) in [6.45, 7) is 4.48. The lowest BCUT2D eigenvalue weighted by atomic mass is 10.1. The van der Waals surface area contributed by atoms with Crippen molar-refractivity contribution >= 4 is 44.6 Å². The molecule has 0 amide bonds. The Morgan fingerprint density at radius 3 is 2.48 bits per heavy atom. The van der Waals surface area contributed by atoms with Gasteiger partial charge in [0.2, 0.25) is 0 Å². The molecule has 0 aromatic heterocycles. The van der Waals surface area contributed by atoms with Gasteiger partial charge in [-0.2, -0.15) is 0 Å². The highest BCUT2D eigenvalue weighted by molar-refractivity contribution is 9.10. The number of nitrogens with one attached hydrogen (secondary N) is 2. The molecule has 3 nitrogen and oxygen atoms in total. The van der Waals surface area contributed by atoms with Crippen LogP contribution in [0.25, 0.3) is 0 Å². The van der Waals surface area contributed by atoms with E-state index in [4.69, 9.17) is 12.2 Å². The Morgan fingerprint density at radius 1 is 1.08 bits per heavy atom. The Labute approximate surface area is 163 Å². The molecule has 25 heavy (non-hydrogen) atoms. The van der Waals surface area contributed by atoms with E-state index in [1.165, 1.54) is 43.6 Å². The second-order valence-electron chi connectivity index (χ2n) is 6.47. The molecular formula is C20H24BrN3S. The zero-order valence-corrected chi connectivity index (χ0v) is 16.9. The number of halogens is 1. The van der Waals surface area contributed by atoms with Crippen LogP contribution in [0.4, 0.5) is 11.4 Å². The molecule has 2 N–H and O–H groups in total. The second kappa shape index (κ2) is 8.68. The average Bonchev–Trinajstić information content (AvgIpc) is 2.62. The molecule has 0 aliphatic carbocycles. The van der Waals surface area contributed by atoms with Crippen LogP contribution in [0.5, 0.6) is 0 Å². The zero-order valence-electron chi connectivity index (χ0n) is 14.5. The van der Waals surface area contributed by atoms with Crippen LogP contribution in [-0.2, 0) is 0 Å². The van der Waals surface area contributed by atoms with Crippen molar-refractivity contribution in [1.82, 2.24) is 5.32 Å². The summed E-state index contributed by atoms with van der Waals surface area (Å²) in [5.41, 5.74) is 3.53. The highest BCUT2D eigenvalue weighted by Crippen LogP contribution is 2.22. The molecule has 0 saturated carbocycles. The van der Waals surface area contributed by atoms with Gasteiger partial charge in [0.1, 0.15) is 0 Å². The summed E-state index contributed by atoms with van der Waals surface area (Å²) in [6.07, 6.45) is 3.96. The van der Waals surface area contributed by atoms with E-state index < -0.39 is 0 Å². The van der Waals surface area contributed by atoms with Gasteiger partial charge in [0.25, 0.3) is 0 Å². The van der Waals surface area contributed by atoms with E-state index >= 15 is 0 Å². The second-order valence-corrected chi connectivity index (χ2v) is 7.79. The molecule has 1 aliphatic heterocycles. The van der Waals surface area contributed by atoms with Crippen molar-refractivity contribution in [3.63, 3.8) is 0 Å². The number of benzene rings is 2. The summed E-state index contributed by atoms with van der Waals surface area (Å²) in [7, 11) is 0. The lowest BCUT2D eigenvalue weighted by Gasteiger charge is -2.29. The van der Waals surface area contributed by atoms with Crippen LogP contribution in [0.1, 0.15) is 37.8 Å². The molecular weight excluding hydrogens is 394 g/mol. The third-order valence-corrected chi connectivity index (χ3v) is 5.26. The fourth-order valence-corrected chi connectivity index (χ4v) is 3.83. The van der Waals surface area contributed by atoms with E-state index in [2.05, 4.69) is 62.7 Å². The van der Waals surface area contributed by atoms with Crippen LogP contribution in [-0.4, -0.2) is 18.2 Å². The molecule has 1 fully saturated rings. The molecule has 2 aromatic carbocycles. The zero-order chi connectivity index (χ0) is 17.6. The van der Waals surface area contributed by atoms with Crippen molar-refractivity contribution in [3.05, 3.63) is 58.6 Å². The number of thiocarbonyl (C=S) groups is 1. The molecule has 1 atom stereocenters. The molecule has 0 unspecified atom stereocenters. The van der Waals surface area contributed by atoms with E-state index in [0.29, 0.717) is 5.11 Å². The van der Waals surface area contributed by atoms with Gasteiger partial charge in [-0.15, -0.1) is 0 Å². The van der Waals surface area contributed by atoms with Gasteiger partial charge in [-0.25, -0.2) is 0 Å². The van der Waals surface area contributed by atoms with Gasteiger partial charge in [-0.05, 0) is 74.3 Å². The van der Waals surface area contributed by atoms with Crippen LogP contribution in [0.15, 0.2) is 53.0 Å². The van der Waals surface area contributed by atoms with Crippen LogP contribution in [0, 0.1) is 0 Å². The van der Waals surface area contributed by atoms with Gasteiger partial charge in [0.15, 0.2) is 5.11 Å². The summed E-state index contributed by atoms with van der Waals surface area (Å²) in [5.74, 6) is 0. The Balaban J connectivity index is 1.57. The number of anilines is 2. The van der Waals surface area contributed by atoms with Gasteiger partial charge >= 0.3 is 0 Å². The minimum absolute atomic E-state index is 0.155. The molecule has 1 heterocycles. The highest BCUT2D eigenvalue weighted by Gasteiger charge is 2.12. The van der Waals surface area contributed by atoms with Crippen LogP contribution < -0.4 is 15.5 Å². The smallest absolute Gasteiger partial charge is 0.171 e. The Bertz CT molecular complexity index is 711. The van der Waals surface area contributed by atoms with Crippen molar-refractivity contribution in [2.45, 2.75) is 32.2 Å². The number of piperidine rings is 1. The normalized spacial score (nSPS) is 15.5. The van der Waals surface area contributed by atoms with E-state index in [9.17, 15) is 0 Å². The van der Waals surface area contributed by atoms with Crippen molar-refractivity contribution in [2.75, 3.05) is 23.3 Å². The predicted octanol–water partition coefficient (Wildman–Crippen LogP) is 5.49. The van der Waals surface area contributed by atoms with Crippen LogP contribution >= 0.6 is 28.1 Å². The van der Waals surface area contributed by atoms with E-state index in [1.54, 1.807) is 0 Å².